The van der Waals surface area contributed by atoms with Crippen LogP contribution < -0.4 is 10.1 Å². The molecule has 0 bridgehead atoms. The molecule has 0 aromatic heterocycles. The Morgan fingerprint density at radius 1 is 1.03 bits per heavy atom. The average molecular weight is 574 g/mol. The zero-order valence-corrected chi connectivity index (χ0v) is 22.9. The second-order valence-electron chi connectivity index (χ2n) is 9.72. The van der Waals surface area contributed by atoms with Gasteiger partial charge in [-0.3, -0.25) is 14.2 Å². The second-order valence-corrected chi connectivity index (χ2v) is 11.9. The van der Waals surface area contributed by atoms with Crippen LogP contribution in [0.3, 0.4) is 0 Å². The molecule has 0 saturated carbocycles. The van der Waals surface area contributed by atoms with Crippen LogP contribution >= 0.6 is 19.2 Å². The predicted octanol–water partition coefficient (Wildman–Crippen LogP) is 5.62. The summed E-state index contributed by atoms with van der Waals surface area (Å²) in [5.41, 5.74) is 4.39. The lowest BCUT2D eigenvalue weighted by Crippen LogP contribution is -2.38. The standard InChI is InChI=1S/C29H30ClFNO6P/c30-23-10-13-27(31)26(17-23)21-7-4-19(5-8-21)6-11-24(32-28(33)14-15-39(35,36)37)18-29(34)38-25-12-9-20-2-1-3-22(20)16-25/h4-5,7-10,12-13,16-17,24H,1-3,6,11,14-15,18H2,(H,32,33)(H2,35,36,37). The van der Waals surface area contributed by atoms with Gasteiger partial charge in [0.25, 0.3) is 0 Å². The van der Waals surface area contributed by atoms with Gasteiger partial charge in [-0.1, -0.05) is 41.9 Å². The third-order valence-corrected chi connectivity index (χ3v) is 7.73. The molecule has 0 spiro atoms. The molecule has 1 amide bonds. The molecule has 0 radical (unpaired) electrons. The number of hydrogen-bond donors (Lipinski definition) is 3. The smallest absolute Gasteiger partial charge is 0.326 e. The second kappa shape index (κ2) is 12.9. The molecule has 0 aliphatic heterocycles. The zero-order valence-electron chi connectivity index (χ0n) is 21.2. The number of aryl methyl sites for hydroxylation is 3. The molecule has 0 saturated heterocycles. The number of nitrogens with one attached hydrogen (secondary N) is 1. The third kappa shape index (κ3) is 8.73. The van der Waals surface area contributed by atoms with Gasteiger partial charge in [0.05, 0.1) is 12.6 Å². The van der Waals surface area contributed by atoms with Crippen molar-refractivity contribution in [1.82, 2.24) is 5.32 Å². The number of carbonyl (C=O) groups is 2. The summed E-state index contributed by atoms with van der Waals surface area (Å²) in [6, 6.07) is 16.6. The van der Waals surface area contributed by atoms with Gasteiger partial charge in [0, 0.05) is 23.0 Å². The van der Waals surface area contributed by atoms with Gasteiger partial charge in [0.15, 0.2) is 0 Å². The molecule has 1 aliphatic carbocycles. The number of benzene rings is 3. The Morgan fingerprint density at radius 2 is 1.77 bits per heavy atom. The van der Waals surface area contributed by atoms with Crippen LogP contribution in [0.4, 0.5) is 4.39 Å². The average Bonchev–Trinajstić information content (AvgIpc) is 3.35. The summed E-state index contributed by atoms with van der Waals surface area (Å²) in [6.45, 7) is 0. The minimum Gasteiger partial charge on any atom is -0.426 e. The molecule has 1 atom stereocenters. The first-order chi connectivity index (χ1) is 18.6. The van der Waals surface area contributed by atoms with Crippen LogP contribution in [0, 0.1) is 5.82 Å². The number of fused-ring (bicyclic) bond motifs is 1. The summed E-state index contributed by atoms with van der Waals surface area (Å²) in [4.78, 5) is 43.3. The van der Waals surface area contributed by atoms with Crippen LogP contribution in [0.2, 0.25) is 5.02 Å². The zero-order chi connectivity index (χ0) is 28.0. The van der Waals surface area contributed by atoms with Crippen LogP contribution in [0.1, 0.15) is 42.4 Å². The van der Waals surface area contributed by atoms with Crippen molar-refractivity contribution >= 4 is 31.1 Å². The number of carbonyl (C=O) groups excluding carboxylic acids is 2. The fourth-order valence-electron chi connectivity index (χ4n) is 4.67. The highest BCUT2D eigenvalue weighted by molar-refractivity contribution is 7.51. The minimum atomic E-state index is -4.33. The minimum absolute atomic E-state index is 0.107. The maximum Gasteiger partial charge on any atom is 0.326 e. The van der Waals surface area contributed by atoms with Crippen LogP contribution in [0.5, 0.6) is 5.75 Å². The van der Waals surface area contributed by atoms with Gasteiger partial charge in [-0.25, -0.2) is 4.39 Å². The van der Waals surface area contributed by atoms with Crippen molar-refractivity contribution < 1.29 is 33.1 Å². The lowest BCUT2D eigenvalue weighted by Gasteiger charge is -2.19. The summed E-state index contributed by atoms with van der Waals surface area (Å²) in [6.07, 6.45) is 2.87. The molecule has 1 unspecified atom stereocenters. The topological polar surface area (TPSA) is 113 Å². The van der Waals surface area contributed by atoms with Crippen molar-refractivity contribution in [3.63, 3.8) is 0 Å². The molecular formula is C29H30ClFNO6P. The van der Waals surface area contributed by atoms with Crippen molar-refractivity contribution in [1.29, 1.82) is 0 Å². The molecular weight excluding hydrogens is 544 g/mol. The van der Waals surface area contributed by atoms with Crippen molar-refractivity contribution in [2.75, 3.05) is 6.16 Å². The highest BCUT2D eigenvalue weighted by Gasteiger charge is 2.21. The molecule has 3 aromatic rings. The predicted molar refractivity (Wildman–Crippen MR) is 147 cm³/mol. The summed E-state index contributed by atoms with van der Waals surface area (Å²) in [5, 5.41) is 3.15. The number of hydrogen-bond acceptors (Lipinski definition) is 4. The van der Waals surface area contributed by atoms with Crippen LogP contribution in [-0.4, -0.2) is 33.9 Å². The number of amides is 1. The SMILES string of the molecule is O=C(CCP(=O)(O)O)NC(CCc1ccc(-c2cc(Cl)ccc2F)cc1)CC(=O)Oc1ccc2c(c1)CCC2. The van der Waals surface area contributed by atoms with E-state index < -0.39 is 31.7 Å². The Balaban J connectivity index is 1.40. The van der Waals surface area contributed by atoms with E-state index in [1.165, 1.54) is 23.3 Å². The van der Waals surface area contributed by atoms with E-state index in [1.54, 1.807) is 24.3 Å². The summed E-state index contributed by atoms with van der Waals surface area (Å²) in [5.74, 6) is -0.997. The summed E-state index contributed by atoms with van der Waals surface area (Å²) >= 11 is 6.01. The lowest BCUT2D eigenvalue weighted by atomic mass is 9.99. The number of esters is 1. The normalized spacial score (nSPS) is 13.5. The molecule has 0 fully saturated rings. The molecule has 3 N–H and O–H groups in total. The highest BCUT2D eigenvalue weighted by Crippen LogP contribution is 2.34. The highest BCUT2D eigenvalue weighted by atomic mass is 35.5. The summed E-state index contributed by atoms with van der Waals surface area (Å²) < 4.78 is 30.9. The maximum atomic E-state index is 14.2. The number of halogens is 2. The van der Waals surface area contributed by atoms with Crippen molar-refractivity contribution in [2.45, 2.75) is 51.0 Å². The quantitative estimate of drug-likeness (QED) is 0.156. The fraction of sp³-hybridized carbons (Fsp3) is 0.310. The largest absolute Gasteiger partial charge is 0.426 e. The van der Waals surface area contributed by atoms with E-state index >= 15 is 0 Å². The van der Waals surface area contributed by atoms with Gasteiger partial charge >= 0.3 is 13.6 Å². The molecule has 3 aromatic carbocycles. The molecule has 4 rings (SSSR count). The van der Waals surface area contributed by atoms with Crippen LogP contribution in [0.15, 0.2) is 60.7 Å². The lowest BCUT2D eigenvalue weighted by molar-refractivity contribution is -0.135. The molecule has 1 aliphatic rings. The van der Waals surface area contributed by atoms with Gasteiger partial charge in [-0.2, -0.15) is 0 Å². The van der Waals surface area contributed by atoms with E-state index in [-0.39, 0.29) is 18.7 Å². The van der Waals surface area contributed by atoms with Gasteiger partial charge in [0.1, 0.15) is 11.6 Å². The van der Waals surface area contributed by atoms with Gasteiger partial charge < -0.3 is 19.8 Å². The van der Waals surface area contributed by atoms with Gasteiger partial charge in [-0.05, 0) is 84.7 Å². The Morgan fingerprint density at radius 3 is 2.51 bits per heavy atom. The first-order valence-corrected chi connectivity index (χ1v) is 14.9. The van der Waals surface area contributed by atoms with Crippen molar-refractivity contribution in [3.8, 4) is 16.9 Å². The Kier molecular flexibility index (Phi) is 9.57. The first kappa shape index (κ1) is 29.0. The van der Waals surface area contributed by atoms with Crippen LogP contribution in [0.25, 0.3) is 11.1 Å². The Labute approximate surface area is 231 Å². The van der Waals surface area contributed by atoms with E-state index in [0.29, 0.717) is 34.7 Å². The molecule has 206 valence electrons. The fourth-order valence-corrected chi connectivity index (χ4v) is 5.34. The van der Waals surface area contributed by atoms with Gasteiger partial charge in [0.2, 0.25) is 5.91 Å². The van der Waals surface area contributed by atoms with Crippen molar-refractivity contribution in [2.24, 2.45) is 0 Å². The molecule has 7 nitrogen and oxygen atoms in total. The van der Waals surface area contributed by atoms with Crippen LogP contribution in [-0.2, 0) is 33.4 Å². The number of ether oxygens (including phenoxy) is 1. The maximum absolute atomic E-state index is 14.2. The third-order valence-electron chi connectivity index (χ3n) is 6.68. The van der Waals surface area contributed by atoms with Gasteiger partial charge in [-0.15, -0.1) is 0 Å². The molecule has 0 heterocycles. The van der Waals surface area contributed by atoms with E-state index in [1.807, 2.05) is 24.3 Å². The number of rotatable bonds is 11. The van der Waals surface area contributed by atoms with E-state index in [0.717, 1.165) is 24.8 Å². The molecule has 39 heavy (non-hydrogen) atoms. The van der Waals surface area contributed by atoms with Crippen molar-refractivity contribution in [3.05, 3.63) is 88.2 Å². The van der Waals surface area contributed by atoms with E-state index in [4.69, 9.17) is 26.1 Å². The summed E-state index contributed by atoms with van der Waals surface area (Å²) in [7, 11) is -4.33. The monoisotopic (exact) mass is 573 g/mol. The molecule has 10 heteroatoms. The Bertz CT molecular complexity index is 1390. The van der Waals surface area contributed by atoms with E-state index in [9.17, 15) is 18.5 Å². The van der Waals surface area contributed by atoms with E-state index in [2.05, 4.69) is 5.32 Å². The Hall–Kier alpha value is -3.03. The first-order valence-electron chi connectivity index (χ1n) is 12.8.